The number of benzene rings is 1. The molecule has 3 aromatic rings. The minimum atomic E-state index is -0.951. The zero-order valence-electron chi connectivity index (χ0n) is 18.1. The van der Waals surface area contributed by atoms with Gasteiger partial charge in [-0.2, -0.15) is 4.37 Å². The number of likely N-dealkylation sites (tertiary alicyclic amines) is 1. The molecule has 1 fully saturated rings. The van der Waals surface area contributed by atoms with Gasteiger partial charge in [0.05, 0.1) is 25.2 Å². The lowest BCUT2D eigenvalue weighted by Gasteiger charge is -2.15. The van der Waals surface area contributed by atoms with E-state index in [0.29, 0.717) is 18.0 Å². The minimum Gasteiger partial charge on any atom is -0.491 e. The number of hydrogen-bond acceptors (Lipinski definition) is 9. The normalized spacial score (nSPS) is 13.6. The number of ether oxygens (including phenoxy) is 3. The number of anilines is 2. The van der Waals surface area contributed by atoms with Gasteiger partial charge in [0.15, 0.2) is 17.2 Å². The van der Waals surface area contributed by atoms with E-state index < -0.39 is 23.4 Å². The Morgan fingerprint density at radius 1 is 1.21 bits per heavy atom. The van der Waals surface area contributed by atoms with E-state index in [4.69, 9.17) is 14.2 Å². The van der Waals surface area contributed by atoms with Gasteiger partial charge in [-0.1, -0.05) is 15.9 Å². The SMILES string of the molecule is COC(=O)c1c(Oc2c(F)cc(Br)cc2F)nsc1Nc1cncc(OCCN2CCCC2)c1. The van der Waals surface area contributed by atoms with Crippen LogP contribution in [0.2, 0.25) is 0 Å². The van der Waals surface area contributed by atoms with E-state index in [0.717, 1.165) is 43.3 Å². The van der Waals surface area contributed by atoms with Crippen LogP contribution in [0.25, 0.3) is 0 Å². The number of nitrogens with one attached hydrogen (secondary N) is 1. The number of esters is 1. The van der Waals surface area contributed by atoms with Crippen molar-refractivity contribution in [1.29, 1.82) is 0 Å². The number of aromatic nitrogens is 2. The molecule has 0 aliphatic carbocycles. The van der Waals surface area contributed by atoms with Gasteiger partial charge in [-0.15, -0.1) is 0 Å². The van der Waals surface area contributed by atoms with Crippen LogP contribution >= 0.6 is 27.5 Å². The molecule has 1 saturated heterocycles. The highest BCUT2D eigenvalue weighted by atomic mass is 79.9. The van der Waals surface area contributed by atoms with E-state index >= 15 is 0 Å². The fourth-order valence-corrected chi connectivity index (χ4v) is 4.56. The lowest BCUT2D eigenvalue weighted by atomic mass is 10.3. The predicted octanol–water partition coefficient (Wildman–Crippen LogP) is 5.38. The molecule has 0 amide bonds. The van der Waals surface area contributed by atoms with Crippen molar-refractivity contribution in [2.75, 3.05) is 38.7 Å². The number of nitrogens with zero attached hydrogens (tertiary/aromatic N) is 3. The van der Waals surface area contributed by atoms with Crippen LogP contribution in [0, 0.1) is 11.6 Å². The third kappa shape index (κ3) is 5.80. The van der Waals surface area contributed by atoms with Gasteiger partial charge < -0.3 is 19.5 Å². The number of rotatable bonds is 9. The average molecular weight is 555 g/mol. The van der Waals surface area contributed by atoms with E-state index in [2.05, 4.69) is 35.5 Å². The molecule has 12 heteroatoms. The van der Waals surface area contributed by atoms with Gasteiger partial charge in [0.2, 0.25) is 11.6 Å². The number of pyridine rings is 1. The standard InChI is InChI=1S/C22H21BrF2N4O4S/c1-31-22(30)18-20(33-19-16(24)8-13(23)9-17(19)25)28-34-21(18)27-14-10-15(12-26-11-14)32-7-6-29-4-2-3-5-29/h8-12,27H,2-7H2,1H3. The zero-order chi connectivity index (χ0) is 24.1. The van der Waals surface area contributed by atoms with Crippen molar-refractivity contribution in [3.05, 3.63) is 52.3 Å². The molecule has 1 aliphatic rings. The highest BCUT2D eigenvalue weighted by Gasteiger charge is 2.26. The first-order valence-electron chi connectivity index (χ1n) is 10.4. The topological polar surface area (TPSA) is 85.8 Å². The molecular weight excluding hydrogens is 534 g/mol. The van der Waals surface area contributed by atoms with Gasteiger partial charge in [0, 0.05) is 17.1 Å². The van der Waals surface area contributed by atoms with Crippen molar-refractivity contribution >= 4 is 44.1 Å². The predicted molar refractivity (Wildman–Crippen MR) is 126 cm³/mol. The first kappa shape index (κ1) is 24.3. The average Bonchev–Trinajstić information content (AvgIpc) is 3.46. The first-order chi connectivity index (χ1) is 16.4. The van der Waals surface area contributed by atoms with Crippen LogP contribution in [0.15, 0.2) is 35.1 Å². The second kappa shape index (κ2) is 11.1. The Labute approximate surface area is 207 Å². The lowest BCUT2D eigenvalue weighted by Crippen LogP contribution is -2.25. The molecule has 1 aliphatic heterocycles. The lowest BCUT2D eigenvalue weighted by molar-refractivity contribution is 0.0599. The number of carbonyl (C=O) groups is 1. The molecule has 180 valence electrons. The van der Waals surface area contributed by atoms with Crippen molar-refractivity contribution in [3.8, 4) is 17.4 Å². The summed E-state index contributed by atoms with van der Waals surface area (Å²) in [6.07, 6.45) is 5.57. The minimum absolute atomic E-state index is 0.102. The van der Waals surface area contributed by atoms with E-state index in [1.807, 2.05) is 0 Å². The van der Waals surface area contributed by atoms with Crippen LogP contribution in [-0.4, -0.2) is 53.6 Å². The van der Waals surface area contributed by atoms with Crippen LogP contribution in [0.4, 0.5) is 19.5 Å². The maximum Gasteiger partial charge on any atom is 0.346 e. The summed E-state index contributed by atoms with van der Waals surface area (Å²) >= 11 is 3.88. The van der Waals surface area contributed by atoms with Crippen LogP contribution in [0.3, 0.4) is 0 Å². The number of methoxy groups -OCH3 is 1. The van der Waals surface area contributed by atoms with Crippen LogP contribution in [0.1, 0.15) is 23.2 Å². The van der Waals surface area contributed by atoms with E-state index in [-0.39, 0.29) is 20.9 Å². The molecule has 0 saturated carbocycles. The van der Waals surface area contributed by atoms with Crippen molar-refractivity contribution in [3.63, 3.8) is 0 Å². The summed E-state index contributed by atoms with van der Waals surface area (Å²) in [5.74, 6) is -3.09. The second-order valence-corrected chi connectivity index (χ2v) is 9.10. The van der Waals surface area contributed by atoms with Crippen LogP contribution in [0.5, 0.6) is 17.4 Å². The van der Waals surface area contributed by atoms with Crippen molar-refractivity contribution in [2.45, 2.75) is 12.8 Å². The maximum atomic E-state index is 14.2. The van der Waals surface area contributed by atoms with Crippen molar-refractivity contribution in [2.24, 2.45) is 0 Å². The summed E-state index contributed by atoms with van der Waals surface area (Å²) in [4.78, 5) is 18.9. The monoisotopic (exact) mass is 554 g/mol. The molecule has 0 atom stereocenters. The quantitative estimate of drug-likeness (QED) is 0.353. The number of halogens is 3. The molecule has 0 bridgehead atoms. The highest BCUT2D eigenvalue weighted by Crippen LogP contribution is 2.38. The van der Waals surface area contributed by atoms with Gasteiger partial charge in [-0.25, -0.2) is 13.6 Å². The van der Waals surface area contributed by atoms with E-state index in [1.165, 1.54) is 20.0 Å². The molecule has 0 radical (unpaired) electrons. The fraction of sp³-hybridized carbons (Fsp3) is 0.318. The Morgan fingerprint density at radius 2 is 1.94 bits per heavy atom. The zero-order valence-corrected chi connectivity index (χ0v) is 20.5. The van der Waals surface area contributed by atoms with Gasteiger partial charge in [-0.3, -0.25) is 9.88 Å². The Kier molecular flexibility index (Phi) is 7.91. The van der Waals surface area contributed by atoms with Gasteiger partial charge in [-0.05, 0) is 49.6 Å². The summed E-state index contributed by atoms with van der Waals surface area (Å²) in [5, 5.41) is 3.29. The van der Waals surface area contributed by atoms with Crippen LogP contribution in [-0.2, 0) is 4.74 Å². The smallest absolute Gasteiger partial charge is 0.346 e. The summed E-state index contributed by atoms with van der Waals surface area (Å²) in [7, 11) is 1.19. The molecule has 0 unspecified atom stereocenters. The Hall–Kier alpha value is -2.83. The van der Waals surface area contributed by atoms with Crippen molar-refractivity contribution < 1.29 is 27.8 Å². The Bertz CT molecular complexity index is 1150. The van der Waals surface area contributed by atoms with E-state index in [9.17, 15) is 13.6 Å². The summed E-state index contributed by atoms with van der Waals surface area (Å²) in [6, 6.07) is 3.82. The Balaban J connectivity index is 1.51. The van der Waals surface area contributed by atoms with Gasteiger partial charge in [0.25, 0.3) is 0 Å². The molecule has 4 rings (SSSR count). The molecule has 2 aromatic heterocycles. The maximum absolute atomic E-state index is 14.2. The molecular formula is C22H21BrF2N4O4S. The molecule has 1 aromatic carbocycles. The third-order valence-corrected chi connectivity index (χ3v) is 6.26. The summed E-state index contributed by atoms with van der Waals surface area (Å²) in [5.41, 5.74) is 0.426. The van der Waals surface area contributed by atoms with Gasteiger partial charge >= 0.3 is 5.97 Å². The summed E-state index contributed by atoms with van der Waals surface area (Å²) in [6.45, 7) is 3.54. The largest absolute Gasteiger partial charge is 0.491 e. The second-order valence-electron chi connectivity index (χ2n) is 7.42. The molecule has 8 nitrogen and oxygen atoms in total. The third-order valence-electron chi connectivity index (χ3n) is 5.06. The van der Waals surface area contributed by atoms with Crippen LogP contribution < -0.4 is 14.8 Å². The Morgan fingerprint density at radius 3 is 2.65 bits per heavy atom. The molecule has 0 spiro atoms. The molecule has 1 N–H and O–H groups in total. The van der Waals surface area contributed by atoms with Crippen molar-refractivity contribution in [1.82, 2.24) is 14.3 Å². The highest BCUT2D eigenvalue weighted by molar-refractivity contribution is 9.10. The fourth-order valence-electron chi connectivity index (χ4n) is 3.43. The number of carbonyl (C=O) groups excluding carboxylic acids is 1. The first-order valence-corrected chi connectivity index (χ1v) is 12.0. The summed E-state index contributed by atoms with van der Waals surface area (Å²) < 4.78 is 48.7. The van der Waals surface area contributed by atoms with E-state index in [1.54, 1.807) is 18.5 Å². The molecule has 3 heterocycles. The molecule has 34 heavy (non-hydrogen) atoms. The van der Waals surface area contributed by atoms with Gasteiger partial charge in [0.1, 0.15) is 17.4 Å². The number of hydrogen-bond donors (Lipinski definition) is 1.